The predicted octanol–water partition coefficient (Wildman–Crippen LogP) is 4.63. The minimum Gasteiger partial charge on any atom is -0.491 e. The van der Waals surface area contributed by atoms with E-state index in [1.54, 1.807) is 0 Å². The van der Waals surface area contributed by atoms with Crippen molar-refractivity contribution >= 4 is 21.6 Å². The second-order valence-corrected chi connectivity index (χ2v) is 5.33. The molecule has 1 atom stereocenters. The van der Waals surface area contributed by atoms with Gasteiger partial charge in [-0.05, 0) is 30.5 Å². The number of nitrogens with two attached hydrogens (primary N) is 1. The second kappa shape index (κ2) is 7.59. The van der Waals surface area contributed by atoms with Crippen LogP contribution in [0.5, 0.6) is 5.75 Å². The number of anilines is 1. The molecule has 2 N–H and O–H groups in total. The summed E-state index contributed by atoms with van der Waals surface area (Å²) in [4.78, 5) is 0. The van der Waals surface area contributed by atoms with Gasteiger partial charge in [-0.3, -0.25) is 0 Å². The van der Waals surface area contributed by atoms with Crippen molar-refractivity contribution in [3.05, 3.63) is 22.7 Å². The van der Waals surface area contributed by atoms with Crippen LogP contribution in [0.25, 0.3) is 0 Å². The van der Waals surface area contributed by atoms with Gasteiger partial charge in [0.25, 0.3) is 0 Å². The Labute approximate surface area is 113 Å². The Morgan fingerprint density at radius 2 is 2.12 bits per heavy atom. The zero-order valence-electron chi connectivity index (χ0n) is 10.7. The summed E-state index contributed by atoms with van der Waals surface area (Å²) in [6, 6.07) is 5.73. The number of hydrogen-bond donors (Lipinski definition) is 1. The van der Waals surface area contributed by atoms with Gasteiger partial charge in [0.05, 0.1) is 12.3 Å². The van der Waals surface area contributed by atoms with Gasteiger partial charge in [-0.1, -0.05) is 49.0 Å². The molecule has 17 heavy (non-hydrogen) atoms. The number of rotatable bonds is 7. The third-order valence-corrected chi connectivity index (χ3v) is 3.49. The molecule has 2 nitrogen and oxygen atoms in total. The van der Waals surface area contributed by atoms with Gasteiger partial charge in [0, 0.05) is 4.47 Å². The molecule has 1 aromatic carbocycles. The van der Waals surface area contributed by atoms with Crippen LogP contribution in [0, 0.1) is 5.92 Å². The zero-order valence-corrected chi connectivity index (χ0v) is 12.3. The number of nitrogen functional groups attached to an aromatic ring is 1. The average Bonchev–Trinajstić information content (AvgIpc) is 2.33. The Morgan fingerprint density at radius 1 is 1.35 bits per heavy atom. The standard InChI is InChI=1S/C14H22BrNO/c1-3-5-6-11(4-2)10-17-14-9-12(15)7-8-13(14)16/h7-9,11H,3-6,10,16H2,1-2H3. The second-order valence-electron chi connectivity index (χ2n) is 4.41. The smallest absolute Gasteiger partial charge is 0.143 e. The number of benzene rings is 1. The van der Waals surface area contributed by atoms with E-state index >= 15 is 0 Å². The zero-order chi connectivity index (χ0) is 12.7. The van der Waals surface area contributed by atoms with Gasteiger partial charge in [0.1, 0.15) is 5.75 Å². The van der Waals surface area contributed by atoms with Gasteiger partial charge in [-0.25, -0.2) is 0 Å². The molecule has 0 saturated heterocycles. The van der Waals surface area contributed by atoms with E-state index in [-0.39, 0.29) is 0 Å². The molecule has 0 aliphatic rings. The van der Waals surface area contributed by atoms with E-state index in [2.05, 4.69) is 29.8 Å². The van der Waals surface area contributed by atoms with Gasteiger partial charge < -0.3 is 10.5 Å². The van der Waals surface area contributed by atoms with Crippen molar-refractivity contribution in [2.45, 2.75) is 39.5 Å². The van der Waals surface area contributed by atoms with Gasteiger partial charge in [0.15, 0.2) is 0 Å². The Morgan fingerprint density at radius 3 is 2.76 bits per heavy atom. The quantitative estimate of drug-likeness (QED) is 0.745. The van der Waals surface area contributed by atoms with E-state index in [0.29, 0.717) is 11.6 Å². The molecule has 0 amide bonds. The molecule has 1 rings (SSSR count). The van der Waals surface area contributed by atoms with Crippen LogP contribution in [-0.2, 0) is 0 Å². The van der Waals surface area contributed by atoms with Crippen molar-refractivity contribution in [1.29, 1.82) is 0 Å². The summed E-state index contributed by atoms with van der Waals surface area (Å²) >= 11 is 3.43. The van der Waals surface area contributed by atoms with Crippen molar-refractivity contribution in [3.63, 3.8) is 0 Å². The van der Waals surface area contributed by atoms with E-state index < -0.39 is 0 Å². The third-order valence-electron chi connectivity index (χ3n) is 2.99. The average molecular weight is 300 g/mol. The van der Waals surface area contributed by atoms with Crippen molar-refractivity contribution in [3.8, 4) is 5.75 Å². The monoisotopic (exact) mass is 299 g/mol. The molecule has 1 unspecified atom stereocenters. The number of ether oxygens (including phenoxy) is 1. The van der Waals surface area contributed by atoms with Gasteiger partial charge in [-0.15, -0.1) is 0 Å². The summed E-state index contributed by atoms with van der Waals surface area (Å²) in [5, 5.41) is 0. The van der Waals surface area contributed by atoms with Gasteiger partial charge in [0.2, 0.25) is 0 Å². The highest BCUT2D eigenvalue weighted by Crippen LogP contribution is 2.26. The van der Waals surface area contributed by atoms with Crippen molar-refractivity contribution < 1.29 is 4.74 Å². The first kappa shape index (κ1) is 14.4. The van der Waals surface area contributed by atoms with Crippen LogP contribution in [-0.4, -0.2) is 6.61 Å². The minimum absolute atomic E-state index is 0.633. The fraction of sp³-hybridized carbons (Fsp3) is 0.571. The normalized spacial score (nSPS) is 12.4. The topological polar surface area (TPSA) is 35.2 Å². The van der Waals surface area contributed by atoms with E-state index in [1.165, 1.54) is 19.3 Å². The maximum atomic E-state index is 5.87. The Bertz CT molecular complexity index is 341. The SMILES string of the molecule is CCCCC(CC)COc1cc(Br)ccc1N. The highest BCUT2D eigenvalue weighted by atomic mass is 79.9. The van der Waals surface area contributed by atoms with Gasteiger partial charge in [-0.2, -0.15) is 0 Å². The molecule has 96 valence electrons. The summed E-state index contributed by atoms with van der Waals surface area (Å²) in [6.45, 7) is 5.20. The first-order valence-electron chi connectivity index (χ1n) is 6.35. The largest absolute Gasteiger partial charge is 0.491 e. The molecule has 0 bridgehead atoms. The maximum absolute atomic E-state index is 5.87. The lowest BCUT2D eigenvalue weighted by atomic mass is 10.0. The summed E-state index contributed by atoms with van der Waals surface area (Å²) in [5.74, 6) is 1.42. The molecule has 0 heterocycles. The predicted molar refractivity (Wildman–Crippen MR) is 77.4 cm³/mol. The summed E-state index contributed by atoms with van der Waals surface area (Å²) in [7, 11) is 0. The number of unbranched alkanes of at least 4 members (excludes halogenated alkanes) is 1. The molecule has 0 aliphatic carbocycles. The van der Waals surface area contributed by atoms with Crippen molar-refractivity contribution in [2.24, 2.45) is 5.92 Å². The summed E-state index contributed by atoms with van der Waals surface area (Å²) in [6.07, 6.45) is 4.92. The van der Waals surface area contributed by atoms with Crippen LogP contribution in [0.15, 0.2) is 22.7 Å². The number of halogens is 1. The fourth-order valence-corrected chi connectivity index (χ4v) is 2.08. The molecule has 0 spiro atoms. The first-order valence-corrected chi connectivity index (χ1v) is 7.14. The Hall–Kier alpha value is -0.700. The molecule has 1 aromatic rings. The van der Waals surface area contributed by atoms with Crippen LogP contribution in [0.4, 0.5) is 5.69 Å². The summed E-state index contributed by atoms with van der Waals surface area (Å²) in [5.41, 5.74) is 6.58. The third kappa shape index (κ3) is 4.99. The van der Waals surface area contributed by atoms with E-state index in [4.69, 9.17) is 10.5 Å². The molecule has 0 saturated carbocycles. The minimum atomic E-state index is 0.633. The van der Waals surface area contributed by atoms with Gasteiger partial charge >= 0.3 is 0 Å². The van der Waals surface area contributed by atoms with Crippen LogP contribution in [0.1, 0.15) is 39.5 Å². The van der Waals surface area contributed by atoms with E-state index in [1.807, 2.05) is 18.2 Å². The lowest BCUT2D eigenvalue weighted by molar-refractivity contribution is 0.234. The molecule has 0 aliphatic heterocycles. The Kier molecular flexibility index (Phi) is 6.41. The van der Waals surface area contributed by atoms with Crippen LogP contribution >= 0.6 is 15.9 Å². The molecule has 0 fully saturated rings. The highest BCUT2D eigenvalue weighted by Gasteiger charge is 2.08. The van der Waals surface area contributed by atoms with Crippen molar-refractivity contribution in [2.75, 3.05) is 12.3 Å². The van der Waals surface area contributed by atoms with Crippen LogP contribution in [0.3, 0.4) is 0 Å². The van der Waals surface area contributed by atoms with Crippen LogP contribution < -0.4 is 10.5 Å². The number of hydrogen-bond acceptors (Lipinski definition) is 2. The molecular formula is C14H22BrNO. The lowest BCUT2D eigenvalue weighted by Gasteiger charge is -2.16. The van der Waals surface area contributed by atoms with E-state index in [9.17, 15) is 0 Å². The molecular weight excluding hydrogens is 278 g/mol. The Balaban J connectivity index is 2.50. The van der Waals surface area contributed by atoms with Crippen LogP contribution in [0.2, 0.25) is 0 Å². The molecule has 0 aromatic heterocycles. The lowest BCUT2D eigenvalue weighted by Crippen LogP contribution is -2.12. The van der Waals surface area contributed by atoms with Crippen molar-refractivity contribution in [1.82, 2.24) is 0 Å². The molecule has 0 radical (unpaired) electrons. The summed E-state index contributed by atoms with van der Waals surface area (Å²) < 4.78 is 6.82. The fourth-order valence-electron chi connectivity index (χ4n) is 1.74. The maximum Gasteiger partial charge on any atom is 0.143 e. The van der Waals surface area contributed by atoms with E-state index in [0.717, 1.165) is 23.2 Å². The first-order chi connectivity index (χ1) is 8.17. The molecule has 3 heteroatoms. The highest BCUT2D eigenvalue weighted by molar-refractivity contribution is 9.10.